The number of hydrogen-bond donors (Lipinski definition) is 0. The molecule has 2 rings (SSSR count). The largest absolute Gasteiger partial charge is 0.251 e. The Morgan fingerprint density at radius 3 is 3.00 bits per heavy atom. The molecule has 4 heteroatoms. The molecule has 0 unspecified atom stereocenters. The van der Waals surface area contributed by atoms with E-state index in [4.69, 9.17) is 16.9 Å². The number of hydrogen-bond acceptors (Lipinski definition) is 3. The monoisotopic (exact) mass is 215 g/mol. The smallest absolute Gasteiger partial charge is 0.148 e. The van der Waals surface area contributed by atoms with Crippen molar-refractivity contribution in [3.8, 4) is 6.07 Å². The number of benzene rings is 1. The second-order valence-corrected chi connectivity index (χ2v) is 3.29. The summed E-state index contributed by atoms with van der Waals surface area (Å²) in [7, 11) is 0. The molecule has 15 heavy (non-hydrogen) atoms. The topological polar surface area (TPSA) is 49.6 Å². The summed E-state index contributed by atoms with van der Waals surface area (Å²) in [6, 6.07) is 7.49. The molecule has 0 aliphatic rings. The molecule has 0 spiro atoms. The van der Waals surface area contributed by atoms with Crippen LogP contribution in [0, 0.1) is 11.3 Å². The molecule has 0 aliphatic carbocycles. The van der Waals surface area contributed by atoms with Crippen molar-refractivity contribution in [3.05, 3.63) is 41.2 Å². The van der Waals surface area contributed by atoms with E-state index >= 15 is 0 Å². The Kier molecular flexibility index (Phi) is 2.61. The first kappa shape index (κ1) is 9.63. The number of aromatic nitrogens is 2. The van der Waals surface area contributed by atoms with Crippen molar-refractivity contribution in [2.45, 2.75) is 0 Å². The molecule has 1 aromatic heterocycles. The molecule has 2 aromatic rings. The van der Waals surface area contributed by atoms with E-state index in [1.165, 1.54) is 12.3 Å². The van der Waals surface area contributed by atoms with Crippen LogP contribution in [-0.2, 0) is 0 Å². The Hall–Kier alpha value is -1.92. The lowest BCUT2D eigenvalue weighted by Gasteiger charge is -1.98. The summed E-state index contributed by atoms with van der Waals surface area (Å²) < 4.78 is 0. The van der Waals surface area contributed by atoms with Crippen LogP contribution in [-0.4, -0.2) is 9.97 Å². The van der Waals surface area contributed by atoms with Crippen LogP contribution in [0.1, 0.15) is 5.56 Å². The normalized spacial score (nSPS) is 10.7. The molecule has 72 valence electrons. The fourth-order valence-electron chi connectivity index (χ4n) is 1.24. The Balaban J connectivity index is 2.55. The predicted octanol–water partition coefficient (Wildman–Crippen LogP) is 2.82. The molecule has 0 bridgehead atoms. The van der Waals surface area contributed by atoms with E-state index in [0.29, 0.717) is 5.15 Å². The number of fused-ring (bicyclic) bond motifs is 1. The average molecular weight is 216 g/mol. The van der Waals surface area contributed by atoms with Gasteiger partial charge in [-0.1, -0.05) is 17.7 Å². The van der Waals surface area contributed by atoms with Gasteiger partial charge >= 0.3 is 0 Å². The fraction of sp³-hybridized carbons (Fsp3) is 0. The van der Waals surface area contributed by atoms with Gasteiger partial charge in [-0.25, -0.2) is 4.98 Å². The summed E-state index contributed by atoms with van der Waals surface area (Å²) in [5.74, 6) is 0. The van der Waals surface area contributed by atoms with Gasteiger partial charge in [0.1, 0.15) is 5.15 Å². The first-order chi connectivity index (χ1) is 7.29. The van der Waals surface area contributed by atoms with E-state index < -0.39 is 0 Å². The minimum Gasteiger partial charge on any atom is -0.251 e. The second-order valence-electron chi connectivity index (χ2n) is 2.90. The van der Waals surface area contributed by atoms with Gasteiger partial charge in [-0.2, -0.15) is 5.26 Å². The van der Waals surface area contributed by atoms with Crippen molar-refractivity contribution in [3.63, 3.8) is 0 Å². The lowest BCUT2D eigenvalue weighted by Crippen LogP contribution is -1.84. The Morgan fingerprint density at radius 1 is 1.33 bits per heavy atom. The fourth-order valence-corrected chi connectivity index (χ4v) is 1.38. The molecule has 0 N–H and O–H groups in total. The highest BCUT2D eigenvalue weighted by molar-refractivity contribution is 6.29. The second kappa shape index (κ2) is 4.07. The van der Waals surface area contributed by atoms with Crippen LogP contribution in [0.2, 0.25) is 5.15 Å². The lowest BCUT2D eigenvalue weighted by atomic mass is 10.2. The molecule has 0 fully saturated rings. The van der Waals surface area contributed by atoms with Gasteiger partial charge in [0.2, 0.25) is 0 Å². The maximum Gasteiger partial charge on any atom is 0.148 e. The number of nitriles is 1. The SMILES string of the molecule is N#CC=Cc1ccc2ncc(Cl)nc2c1. The highest BCUT2D eigenvalue weighted by atomic mass is 35.5. The van der Waals surface area contributed by atoms with Crippen LogP contribution >= 0.6 is 11.6 Å². The summed E-state index contributed by atoms with van der Waals surface area (Å²) in [5, 5.41) is 8.76. The number of nitrogens with zero attached hydrogens (tertiary/aromatic N) is 3. The third-order valence-electron chi connectivity index (χ3n) is 1.89. The quantitative estimate of drug-likeness (QED) is 0.688. The molecule has 0 amide bonds. The van der Waals surface area contributed by atoms with Crippen molar-refractivity contribution in [2.24, 2.45) is 0 Å². The van der Waals surface area contributed by atoms with Crippen molar-refractivity contribution in [1.29, 1.82) is 5.26 Å². The third-order valence-corrected chi connectivity index (χ3v) is 2.07. The van der Waals surface area contributed by atoms with Crippen LogP contribution in [0.4, 0.5) is 0 Å². The maximum absolute atomic E-state index is 8.40. The van der Waals surface area contributed by atoms with Crippen molar-refractivity contribution < 1.29 is 0 Å². The lowest BCUT2D eigenvalue weighted by molar-refractivity contribution is 1.29. The Bertz CT molecular complexity index is 570. The molecular formula is C11H6ClN3. The summed E-state index contributed by atoms with van der Waals surface area (Å²) in [6.45, 7) is 0. The summed E-state index contributed by atoms with van der Waals surface area (Å²) in [5.41, 5.74) is 2.41. The summed E-state index contributed by atoms with van der Waals surface area (Å²) in [6.07, 6.45) is 4.63. The molecular weight excluding hydrogens is 210 g/mol. The van der Waals surface area contributed by atoms with Crippen LogP contribution in [0.3, 0.4) is 0 Å². The number of allylic oxidation sites excluding steroid dienone is 1. The van der Waals surface area contributed by atoms with Crippen LogP contribution < -0.4 is 0 Å². The molecule has 1 aromatic carbocycles. The van der Waals surface area contributed by atoms with Crippen LogP contribution in [0.15, 0.2) is 30.5 Å². The standard InChI is InChI=1S/C11H6ClN3/c12-11-7-14-9-4-3-8(2-1-5-13)6-10(9)15-11/h1-4,6-7H. The van der Waals surface area contributed by atoms with Gasteiger partial charge in [0.05, 0.1) is 23.3 Å². The molecule has 1 heterocycles. The summed E-state index contributed by atoms with van der Waals surface area (Å²) in [4.78, 5) is 8.25. The van der Waals surface area contributed by atoms with Gasteiger partial charge in [0.25, 0.3) is 0 Å². The average Bonchev–Trinajstić information content (AvgIpc) is 2.25. The van der Waals surface area contributed by atoms with Crippen molar-refractivity contribution in [2.75, 3.05) is 0 Å². The molecule has 0 aliphatic heterocycles. The molecule has 0 radical (unpaired) electrons. The molecule has 3 nitrogen and oxygen atoms in total. The Labute approximate surface area is 91.7 Å². The van der Waals surface area contributed by atoms with E-state index in [1.54, 1.807) is 6.08 Å². The number of halogens is 1. The Morgan fingerprint density at radius 2 is 2.20 bits per heavy atom. The van der Waals surface area contributed by atoms with Gasteiger partial charge in [-0.15, -0.1) is 0 Å². The molecule has 0 saturated heterocycles. The first-order valence-electron chi connectivity index (χ1n) is 4.28. The minimum atomic E-state index is 0.365. The predicted molar refractivity (Wildman–Crippen MR) is 59.2 cm³/mol. The van der Waals surface area contributed by atoms with E-state index in [0.717, 1.165) is 16.6 Å². The zero-order valence-corrected chi connectivity index (χ0v) is 8.44. The zero-order valence-electron chi connectivity index (χ0n) is 7.68. The van der Waals surface area contributed by atoms with Crippen molar-refractivity contribution in [1.82, 2.24) is 9.97 Å². The van der Waals surface area contributed by atoms with Gasteiger partial charge in [-0.3, -0.25) is 4.98 Å². The van der Waals surface area contributed by atoms with E-state index in [2.05, 4.69) is 9.97 Å². The van der Waals surface area contributed by atoms with E-state index in [9.17, 15) is 0 Å². The highest BCUT2D eigenvalue weighted by Gasteiger charge is 1.98. The minimum absolute atomic E-state index is 0.365. The van der Waals surface area contributed by atoms with Gasteiger partial charge in [0, 0.05) is 6.08 Å². The van der Waals surface area contributed by atoms with Gasteiger partial charge < -0.3 is 0 Å². The van der Waals surface area contributed by atoms with E-state index in [1.807, 2.05) is 24.3 Å². The molecule has 0 atom stereocenters. The maximum atomic E-state index is 8.40. The number of rotatable bonds is 1. The van der Waals surface area contributed by atoms with E-state index in [-0.39, 0.29) is 0 Å². The highest BCUT2D eigenvalue weighted by Crippen LogP contribution is 2.15. The van der Waals surface area contributed by atoms with Gasteiger partial charge in [-0.05, 0) is 23.8 Å². The summed E-state index contributed by atoms with van der Waals surface area (Å²) >= 11 is 5.73. The first-order valence-corrected chi connectivity index (χ1v) is 4.66. The van der Waals surface area contributed by atoms with Crippen LogP contribution in [0.25, 0.3) is 17.1 Å². The molecule has 0 saturated carbocycles. The van der Waals surface area contributed by atoms with Crippen LogP contribution in [0.5, 0.6) is 0 Å². The zero-order chi connectivity index (χ0) is 10.7. The van der Waals surface area contributed by atoms with Gasteiger partial charge in [0.15, 0.2) is 0 Å². The van der Waals surface area contributed by atoms with Crippen molar-refractivity contribution >= 4 is 28.7 Å². The third kappa shape index (κ3) is 2.12.